The summed E-state index contributed by atoms with van der Waals surface area (Å²) in [5.41, 5.74) is 10.6. The first-order valence-corrected chi connectivity index (χ1v) is 7.04. The van der Waals surface area contributed by atoms with Crippen LogP contribution in [0.25, 0.3) is 0 Å². The predicted molar refractivity (Wildman–Crippen MR) is 68.5 cm³/mol. The van der Waals surface area contributed by atoms with Crippen molar-refractivity contribution in [3.8, 4) is 0 Å². The lowest BCUT2D eigenvalue weighted by Crippen LogP contribution is -2.25. The Kier molecular flexibility index (Phi) is 3.71. The number of aryl methyl sites for hydroxylation is 2. The fourth-order valence-electron chi connectivity index (χ4n) is 2.33. The molecule has 2 rings (SSSR count). The summed E-state index contributed by atoms with van der Waals surface area (Å²) in [6.45, 7) is 0. The van der Waals surface area contributed by atoms with Gasteiger partial charge < -0.3 is 5.73 Å². The summed E-state index contributed by atoms with van der Waals surface area (Å²) in [7, 11) is 0. The molecule has 0 fully saturated rings. The van der Waals surface area contributed by atoms with Crippen LogP contribution in [0.1, 0.15) is 23.1 Å². The molecule has 1 nitrogen and oxygen atoms in total. The van der Waals surface area contributed by atoms with Gasteiger partial charge in [0.1, 0.15) is 0 Å². The van der Waals surface area contributed by atoms with Crippen LogP contribution in [0.5, 0.6) is 0 Å². The number of benzene rings is 1. The Morgan fingerprint density at radius 2 is 2.13 bits per heavy atom. The Morgan fingerprint density at radius 3 is 2.93 bits per heavy atom. The molecular weight excluding hydrogens is 202 g/mol. The first-order valence-electron chi connectivity index (χ1n) is 5.65. The number of hydrogen-bond donors (Lipinski definition) is 1. The lowest BCUT2D eigenvalue weighted by molar-refractivity contribution is 0.748. The molecule has 0 saturated carbocycles. The van der Waals surface area contributed by atoms with E-state index in [9.17, 15) is 0 Å². The monoisotopic (exact) mass is 221 g/mol. The molecule has 0 bridgehead atoms. The SMILES string of the molecule is CSCC(N)Cc1ccc2c(c1)CCC2. The zero-order chi connectivity index (χ0) is 10.7. The van der Waals surface area contributed by atoms with Gasteiger partial charge in [-0.05, 0) is 48.6 Å². The smallest absolute Gasteiger partial charge is 0.0171 e. The van der Waals surface area contributed by atoms with Crippen LogP contribution >= 0.6 is 11.8 Å². The van der Waals surface area contributed by atoms with E-state index in [0.29, 0.717) is 6.04 Å². The Balaban J connectivity index is 2.03. The van der Waals surface area contributed by atoms with Crippen LogP contribution < -0.4 is 5.73 Å². The minimum Gasteiger partial charge on any atom is -0.327 e. The molecule has 1 aromatic rings. The molecule has 82 valence electrons. The largest absolute Gasteiger partial charge is 0.327 e. The van der Waals surface area contributed by atoms with E-state index in [-0.39, 0.29) is 0 Å². The van der Waals surface area contributed by atoms with E-state index >= 15 is 0 Å². The van der Waals surface area contributed by atoms with Gasteiger partial charge in [0, 0.05) is 11.8 Å². The van der Waals surface area contributed by atoms with Crippen LogP contribution in [-0.4, -0.2) is 18.1 Å². The summed E-state index contributed by atoms with van der Waals surface area (Å²) in [6.07, 6.45) is 7.00. The Hall–Kier alpha value is -0.470. The molecule has 2 N–H and O–H groups in total. The third-order valence-corrected chi connectivity index (χ3v) is 3.80. The van der Waals surface area contributed by atoms with Gasteiger partial charge in [-0.25, -0.2) is 0 Å². The molecule has 0 saturated heterocycles. The molecule has 1 atom stereocenters. The van der Waals surface area contributed by atoms with Gasteiger partial charge >= 0.3 is 0 Å². The highest BCUT2D eigenvalue weighted by atomic mass is 32.2. The highest BCUT2D eigenvalue weighted by Gasteiger charge is 2.11. The molecule has 0 heterocycles. The van der Waals surface area contributed by atoms with Crippen molar-refractivity contribution in [2.24, 2.45) is 5.73 Å². The third-order valence-electron chi connectivity index (χ3n) is 3.04. The normalized spacial score (nSPS) is 16.4. The summed E-state index contributed by atoms with van der Waals surface area (Å²) in [6, 6.07) is 7.22. The van der Waals surface area contributed by atoms with Crippen molar-refractivity contribution in [1.29, 1.82) is 0 Å². The molecule has 0 radical (unpaired) electrons. The molecule has 0 aromatic heterocycles. The van der Waals surface area contributed by atoms with Crippen LogP contribution in [0.4, 0.5) is 0 Å². The van der Waals surface area contributed by atoms with Gasteiger partial charge in [0.15, 0.2) is 0 Å². The summed E-state index contributed by atoms with van der Waals surface area (Å²) in [4.78, 5) is 0. The summed E-state index contributed by atoms with van der Waals surface area (Å²) < 4.78 is 0. The number of hydrogen-bond acceptors (Lipinski definition) is 2. The topological polar surface area (TPSA) is 26.0 Å². The molecular formula is C13H19NS. The average Bonchev–Trinajstić information content (AvgIpc) is 2.65. The van der Waals surface area contributed by atoms with Gasteiger partial charge in [-0.2, -0.15) is 11.8 Å². The van der Waals surface area contributed by atoms with Gasteiger partial charge in [0.25, 0.3) is 0 Å². The zero-order valence-electron chi connectivity index (χ0n) is 9.33. The molecule has 1 aliphatic rings. The number of fused-ring (bicyclic) bond motifs is 1. The number of nitrogens with two attached hydrogens (primary N) is 1. The van der Waals surface area contributed by atoms with Crippen molar-refractivity contribution in [1.82, 2.24) is 0 Å². The maximum Gasteiger partial charge on any atom is 0.0171 e. The van der Waals surface area contributed by atoms with E-state index in [1.807, 2.05) is 11.8 Å². The van der Waals surface area contributed by atoms with E-state index < -0.39 is 0 Å². The fraction of sp³-hybridized carbons (Fsp3) is 0.538. The Bertz CT molecular complexity index is 335. The van der Waals surface area contributed by atoms with Crippen molar-refractivity contribution in [3.63, 3.8) is 0 Å². The second-order valence-electron chi connectivity index (χ2n) is 4.38. The van der Waals surface area contributed by atoms with Gasteiger partial charge in [-0.3, -0.25) is 0 Å². The second kappa shape index (κ2) is 5.04. The molecule has 0 amide bonds. The quantitative estimate of drug-likeness (QED) is 0.845. The highest BCUT2D eigenvalue weighted by molar-refractivity contribution is 7.98. The van der Waals surface area contributed by atoms with Crippen LogP contribution in [-0.2, 0) is 19.3 Å². The molecule has 0 aliphatic heterocycles. The summed E-state index contributed by atoms with van der Waals surface area (Å²) in [5.74, 6) is 1.05. The van der Waals surface area contributed by atoms with Gasteiger partial charge in [-0.15, -0.1) is 0 Å². The van der Waals surface area contributed by atoms with Crippen LogP contribution in [0.3, 0.4) is 0 Å². The zero-order valence-corrected chi connectivity index (χ0v) is 10.1. The Labute approximate surface area is 96.4 Å². The van der Waals surface area contributed by atoms with E-state index in [1.54, 1.807) is 11.1 Å². The van der Waals surface area contributed by atoms with Crippen molar-refractivity contribution in [3.05, 3.63) is 34.9 Å². The van der Waals surface area contributed by atoms with E-state index in [4.69, 9.17) is 5.73 Å². The van der Waals surface area contributed by atoms with Crippen molar-refractivity contribution >= 4 is 11.8 Å². The molecule has 1 aromatic carbocycles. The number of thioether (sulfide) groups is 1. The maximum atomic E-state index is 6.04. The molecule has 0 spiro atoms. The third kappa shape index (κ3) is 2.76. The average molecular weight is 221 g/mol. The lowest BCUT2D eigenvalue weighted by Gasteiger charge is -2.11. The fourth-order valence-corrected chi connectivity index (χ4v) is 2.87. The minimum atomic E-state index is 0.305. The first kappa shape index (κ1) is 11.0. The lowest BCUT2D eigenvalue weighted by atomic mass is 10.0. The van der Waals surface area contributed by atoms with Gasteiger partial charge in [0.05, 0.1) is 0 Å². The van der Waals surface area contributed by atoms with Gasteiger partial charge in [0.2, 0.25) is 0 Å². The van der Waals surface area contributed by atoms with Crippen LogP contribution in [0, 0.1) is 0 Å². The number of rotatable bonds is 4. The summed E-state index contributed by atoms with van der Waals surface area (Å²) in [5, 5.41) is 0. The molecule has 15 heavy (non-hydrogen) atoms. The van der Waals surface area contributed by atoms with Crippen LogP contribution in [0.2, 0.25) is 0 Å². The van der Waals surface area contributed by atoms with Crippen molar-refractivity contribution in [2.45, 2.75) is 31.7 Å². The minimum absolute atomic E-state index is 0.305. The predicted octanol–water partition coefficient (Wildman–Crippen LogP) is 2.41. The van der Waals surface area contributed by atoms with Crippen molar-refractivity contribution < 1.29 is 0 Å². The molecule has 2 heteroatoms. The molecule has 1 aliphatic carbocycles. The van der Waals surface area contributed by atoms with E-state index in [2.05, 4.69) is 24.5 Å². The van der Waals surface area contributed by atoms with E-state index in [1.165, 1.54) is 24.8 Å². The maximum absolute atomic E-state index is 6.04. The van der Waals surface area contributed by atoms with Crippen LogP contribution in [0.15, 0.2) is 18.2 Å². The Morgan fingerprint density at radius 1 is 1.33 bits per heavy atom. The van der Waals surface area contributed by atoms with Gasteiger partial charge in [-0.1, -0.05) is 18.2 Å². The molecule has 1 unspecified atom stereocenters. The second-order valence-corrected chi connectivity index (χ2v) is 5.29. The van der Waals surface area contributed by atoms with E-state index in [0.717, 1.165) is 12.2 Å². The standard InChI is InChI=1S/C13H19NS/c1-15-9-13(14)8-10-5-6-11-3-2-4-12(11)7-10/h5-7,13H,2-4,8-9,14H2,1H3. The first-order chi connectivity index (χ1) is 7.29. The highest BCUT2D eigenvalue weighted by Crippen LogP contribution is 2.23. The summed E-state index contributed by atoms with van der Waals surface area (Å²) >= 11 is 1.83. The van der Waals surface area contributed by atoms with Crippen molar-refractivity contribution in [2.75, 3.05) is 12.0 Å².